The molecule has 0 aliphatic rings. The first-order chi connectivity index (χ1) is 8.06. The van der Waals surface area contributed by atoms with Crippen molar-refractivity contribution >= 4 is 15.9 Å². The van der Waals surface area contributed by atoms with Crippen LogP contribution in [-0.2, 0) is 6.54 Å². The normalized spacial score (nSPS) is 11.8. The molecule has 96 valence electrons. The zero-order valence-corrected chi connectivity index (χ0v) is 12.4. The molecule has 1 nitrogen and oxygen atoms in total. The van der Waals surface area contributed by atoms with Crippen molar-refractivity contribution in [1.29, 1.82) is 0 Å². The Kier molecular flexibility index (Phi) is 5.60. The van der Waals surface area contributed by atoms with Gasteiger partial charge in [-0.15, -0.1) is 0 Å². The highest BCUT2D eigenvalue weighted by atomic mass is 79.9. The highest BCUT2D eigenvalue weighted by molar-refractivity contribution is 9.10. The molecule has 3 heteroatoms. The average molecular weight is 302 g/mol. The van der Waals surface area contributed by atoms with Gasteiger partial charge >= 0.3 is 0 Å². The van der Waals surface area contributed by atoms with Crippen LogP contribution in [0.1, 0.15) is 45.6 Å². The summed E-state index contributed by atoms with van der Waals surface area (Å²) in [4.78, 5) is 0. The van der Waals surface area contributed by atoms with Gasteiger partial charge in [0.1, 0.15) is 5.82 Å². The van der Waals surface area contributed by atoms with E-state index in [1.807, 2.05) is 6.07 Å². The van der Waals surface area contributed by atoms with Gasteiger partial charge in [0.25, 0.3) is 0 Å². The number of rotatable bonds is 6. The lowest BCUT2D eigenvalue weighted by Crippen LogP contribution is -2.43. The Hall–Kier alpha value is -0.410. The van der Waals surface area contributed by atoms with E-state index in [-0.39, 0.29) is 11.4 Å². The summed E-state index contributed by atoms with van der Waals surface area (Å²) in [5.74, 6) is -0.141. The lowest BCUT2D eigenvalue weighted by Gasteiger charge is -2.32. The van der Waals surface area contributed by atoms with Crippen molar-refractivity contribution in [2.45, 2.75) is 52.1 Å². The van der Waals surface area contributed by atoms with E-state index >= 15 is 0 Å². The van der Waals surface area contributed by atoms with E-state index in [9.17, 15) is 4.39 Å². The molecule has 17 heavy (non-hydrogen) atoms. The molecule has 0 saturated carbocycles. The minimum Gasteiger partial charge on any atom is -0.307 e. The molecule has 0 radical (unpaired) electrons. The van der Waals surface area contributed by atoms with Crippen LogP contribution in [0.15, 0.2) is 22.7 Å². The molecule has 0 saturated heterocycles. The predicted molar refractivity (Wildman–Crippen MR) is 74.5 cm³/mol. The molecule has 0 bridgehead atoms. The molecule has 1 aromatic carbocycles. The molecule has 0 spiro atoms. The van der Waals surface area contributed by atoms with Crippen LogP contribution < -0.4 is 5.32 Å². The molecular weight excluding hydrogens is 281 g/mol. The summed E-state index contributed by atoms with van der Waals surface area (Å²) in [5, 5.41) is 3.51. The first-order valence-corrected chi connectivity index (χ1v) is 7.05. The standard InChI is InChI=1S/C14H21BrFN/c1-4-14(5-2,6-3)17-10-11-9-12(15)7-8-13(11)16/h7-9,17H,4-6,10H2,1-3H3. The molecule has 0 fully saturated rings. The summed E-state index contributed by atoms with van der Waals surface area (Å²) in [6, 6.07) is 5.08. The van der Waals surface area contributed by atoms with E-state index in [1.54, 1.807) is 6.07 Å². The molecule has 0 aromatic heterocycles. The maximum Gasteiger partial charge on any atom is 0.127 e. The fraction of sp³-hybridized carbons (Fsp3) is 0.571. The largest absolute Gasteiger partial charge is 0.307 e. The third-order valence-corrected chi connectivity index (χ3v) is 4.19. The topological polar surface area (TPSA) is 12.0 Å². The van der Waals surface area contributed by atoms with Crippen molar-refractivity contribution in [1.82, 2.24) is 5.32 Å². The highest BCUT2D eigenvalue weighted by Crippen LogP contribution is 2.21. The molecular formula is C14H21BrFN. The predicted octanol–water partition coefficient (Wildman–Crippen LogP) is 4.65. The zero-order valence-electron chi connectivity index (χ0n) is 10.8. The summed E-state index contributed by atoms with van der Waals surface area (Å²) in [7, 11) is 0. The van der Waals surface area contributed by atoms with E-state index in [0.717, 1.165) is 29.3 Å². The number of benzene rings is 1. The Morgan fingerprint density at radius 2 is 1.76 bits per heavy atom. The van der Waals surface area contributed by atoms with Crippen molar-refractivity contribution in [3.63, 3.8) is 0 Å². The second-order valence-electron chi connectivity index (χ2n) is 4.43. The van der Waals surface area contributed by atoms with Crippen molar-refractivity contribution in [3.8, 4) is 0 Å². The first kappa shape index (κ1) is 14.7. The second kappa shape index (κ2) is 6.50. The van der Waals surface area contributed by atoms with Crippen LogP contribution in [0.5, 0.6) is 0 Å². The van der Waals surface area contributed by atoms with Gasteiger partial charge in [0.05, 0.1) is 0 Å². The van der Waals surface area contributed by atoms with Crippen molar-refractivity contribution in [2.24, 2.45) is 0 Å². The van der Waals surface area contributed by atoms with Gasteiger partial charge in [0.2, 0.25) is 0 Å². The second-order valence-corrected chi connectivity index (χ2v) is 5.35. The van der Waals surface area contributed by atoms with Crippen molar-refractivity contribution in [2.75, 3.05) is 0 Å². The summed E-state index contributed by atoms with van der Waals surface area (Å²) < 4.78 is 14.5. The van der Waals surface area contributed by atoms with Crippen LogP contribution in [-0.4, -0.2) is 5.54 Å². The lowest BCUT2D eigenvalue weighted by atomic mass is 9.89. The van der Waals surface area contributed by atoms with Crippen LogP contribution in [0.4, 0.5) is 4.39 Å². The Bertz CT molecular complexity index is 353. The molecule has 0 unspecified atom stereocenters. The van der Waals surface area contributed by atoms with Crippen molar-refractivity contribution in [3.05, 3.63) is 34.1 Å². The Labute approximate surface area is 112 Å². The summed E-state index contributed by atoms with van der Waals surface area (Å²) >= 11 is 3.37. The third kappa shape index (κ3) is 3.78. The molecule has 0 aliphatic heterocycles. The number of hydrogen-bond acceptors (Lipinski definition) is 1. The fourth-order valence-electron chi connectivity index (χ4n) is 2.09. The SMILES string of the molecule is CCC(CC)(CC)NCc1cc(Br)ccc1F. The maximum atomic E-state index is 13.6. The molecule has 0 atom stereocenters. The van der Waals surface area contributed by atoms with Crippen LogP contribution >= 0.6 is 15.9 Å². The number of halogens is 2. The minimum atomic E-state index is -0.141. The van der Waals surface area contributed by atoms with E-state index in [2.05, 4.69) is 42.0 Å². The average Bonchev–Trinajstić information content (AvgIpc) is 2.35. The van der Waals surface area contributed by atoms with Gasteiger partial charge in [-0.2, -0.15) is 0 Å². The van der Waals surface area contributed by atoms with Gasteiger partial charge in [-0.1, -0.05) is 36.7 Å². The molecule has 0 aliphatic carbocycles. The van der Waals surface area contributed by atoms with Gasteiger partial charge in [-0.05, 0) is 37.5 Å². The first-order valence-electron chi connectivity index (χ1n) is 6.26. The van der Waals surface area contributed by atoms with Crippen molar-refractivity contribution < 1.29 is 4.39 Å². The van der Waals surface area contributed by atoms with Gasteiger partial charge in [-0.3, -0.25) is 0 Å². The number of nitrogens with one attached hydrogen (secondary N) is 1. The highest BCUT2D eigenvalue weighted by Gasteiger charge is 2.22. The summed E-state index contributed by atoms with van der Waals surface area (Å²) in [6.45, 7) is 7.12. The lowest BCUT2D eigenvalue weighted by molar-refractivity contribution is 0.286. The van der Waals surface area contributed by atoms with Gasteiger partial charge in [-0.25, -0.2) is 4.39 Å². The fourth-order valence-corrected chi connectivity index (χ4v) is 2.50. The molecule has 1 aromatic rings. The van der Waals surface area contributed by atoms with E-state index in [1.165, 1.54) is 6.07 Å². The number of hydrogen-bond donors (Lipinski definition) is 1. The minimum absolute atomic E-state index is 0.134. The molecule has 0 heterocycles. The Morgan fingerprint density at radius 1 is 1.18 bits per heavy atom. The van der Waals surface area contributed by atoms with E-state index in [4.69, 9.17) is 0 Å². The van der Waals surface area contributed by atoms with Crippen LogP contribution in [0, 0.1) is 5.82 Å². The maximum absolute atomic E-state index is 13.6. The third-order valence-electron chi connectivity index (χ3n) is 3.69. The molecule has 1 rings (SSSR count). The van der Waals surface area contributed by atoms with E-state index < -0.39 is 0 Å². The molecule has 1 N–H and O–H groups in total. The van der Waals surface area contributed by atoms with Gasteiger partial charge < -0.3 is 5.32 Å². The Morgan fingerprint density at radius 3 is 2.29 bits per heavy atom. The monoisotopic (exact) mass is 301 g/mol. The van der Waals surface area contributed by atoms with Gasteiger partial charge in [0, 0.05) is 22.1 Å². The van der Waals surface area contributed by atoms with Crippen LogP contribution in [0.2, 0.25) is 0 Å². The summed E-state index contributed by atoms with van der Waals surface area (Å²) in [5.41, 5.74) is 0.855. The van der Waals surface area contributed by atoms with Gasteiger partial charge in [0.15, 0.2) is 0 Å². The van der Waals surface area contributed by atoms with E-state index in [0.29, 0.717) is 6.54 Å². The quantitative estimate of drug-likeness (QED) is 0.806. The van der Waals surface area contributed by atoms with Crippen LogP contribution in [0.25, 0.3) is 0 Å². The zero-order chi connectivity index (χ0) is 12.9. The smallest absolute Gasteiger partial charge is 0.127 e. The Balaban J connectivity index is 2.75. The summed E-state index contributed by atoms with van der Waals surface area (Å²) in [6.07, 6.45) is 3.20. The molecule has 0 amide bonds. The van der Waals surface area contributed by atoms with Crippen LogP contribution in [0.3, 0.4) is 0 Å².